The summed E-state index contributed by atoms with van der Waals surface area (Å²) in [6.07, 6.45) is 5.98. The van der Waals surface area contributed by atoms with Crippen molar-refractivity contribution in [2.45, 2.75) is 59.3 Å². The second-order valence-electron chi connectivity index (χ2n) is 7.70. The molecule has 3 aliphatic rings. The quantitative estimate of drug-likeness (QED) is 0.746. The maximum atomic E-state index is 13.1. The number of anilines is 1. The third kappa shape index (κ3) is 1.60. The van der Waals surface area contributed by atoms with E-state index in [0.717, 1.165) is 37.8 Å². The molecule has 4 rings (SSSR count). The van der Waals surface area contributed by atoms with E-state index in [-0.39, 0.29) is 23.1 Å². The fourth-order valence-electron chi connectivity index (χ4n) is 4.43. The standard InChI is InChI=1S/C17H22N2O2S/c1-16(2)10-8-9-17(16,3)14(21)19(13(10)20)15-18-11-6-4-5-7-12(11)22-15/h10H,4-9H2,1-3H3/t10-,17-/m1/s1. The van der Waals surface area contributed by atoms with E-state index in [1.54, 1.807) is 11.3 Å². The minimum atomic E-state index is -0.447. The molecule has 1 saturated heterocycles. The number of carbonyl (C=O) groups excluding carboxylic acids is 2. The summed E-state index contributed by atoms with van der Waals surface area (Å²) < 4.78 is 0. The van der Waals surface area contributed by atoms with Crippen LogP contribution in [0.4, 0.5) is 5.13 Å². The van der Waals surface area contributed by atoms with Crippen LogP contribution in [0.1, 0.15) is 57.0 Å². The van der Waals surface area contributed by atoms with Gasteiger partial charge in [0.15, 0.2) is 5.13 Å². The number of fused-ring (bicyclic) bond motifs is 3. The van der Waals surface area contributed by atoms with Crippen LogP contribution < -0.4 is 4.90 Å². The van der Waals surface area contributed by atoms with Gasteiger partial charge in [-0.3, -0.25) is 9.59 Å². The van der Waals surface area contributed by atoms with Crippen LogP contribution in [-0.2, 0) is 22.4 Å². The minimum absolute atomic E-state index is 0.0314. The van der Waals surface area contributed by atoms with Crippen LogP contribution in [0.2, 0.25) is 0 Å². The first-order chi connectivity index (χ1) is 10.4. The number of imide groups is 1. The molecule has 4 nitrogen and oxygen atoms in total. The first-order valence-electron chi connectivity index (χ1n) is 8.23. The Bertz CT molecular complexity index is 655. The third-order valence-electron chi connectivity index (χ3n) is 6.45. The van der Waals surface area contributed by atoms with Gasteiger partial charge < -0.3 is 0 Å². The Labute approximate surface area is 134 Å². The number of aromatic nitrogens is 1. The summed E-state index contributed by atoms with van der Waals surface area (Å²) in [5.41, 5.74) is 0.404. The number of piperidine rings is 1. The number of aryl methyl sites for hydroxylation is 2. The maximum absolute atomic E-state index is 13.1. The lowest BCUT2D eigenvalue weighted by atomic mass is 9.62. The minimum Gasteiger partial charge on any atom is -0.274 e. The summed E-state index contributed by atoms with van der Waals surface area (Å²) in [6.45, 7) is 6.18. The van der Waals surface area contributed by atoms with Gasteiger partial charge in [0.25, 0.3) is 0 Å². The summed E-state index contributed by atoms with van der Waals surface area (Å²) >= 11 is 1.55. The molecule has 0 N–H and O–H groups in total. The molecule has 1 aromatic heterocycles. The molecule has 2 aliphatic carbocycles. The van der Waals surface area contributed by atoms with Crippen molar-refractivity contribution in [1.29, 1.82) is 0 Å². The molecule has 0 spiro atoms. The molecular weight excluding hydrogens is 296 g/mol. The monoisotopic (exact) mass is 318 g/mol. The summed E-state index contributed by atoms with van der Waals surface area (Å²) in [4.78, 5) is 33.4. The Morgan fingerprint density at radius 2 is 1.91 bits per heavy atom. The Morgan fingerprint density at radius 1 is 1.18 bits per heavy atom. The number of carbonyl (C=O) groups is 2. The second kappa shape index (κ2) is 4.40. The van der Waals surface area contributed by atoms with Gasteiger partial charge in [-0.05, 0) is 43.9 Å². The zero-order chi connectivity index (χ0) is 15.7. The van der Waals surface area contributed by atoms with Crippen molar-refractivity contribution in [1.82, 2.24) is 4.98 Å². The van der Waals surface area contributed by atoms with Gasteiger partial charge >= 0.3 is 0 Å². The molecule has 1 aliphatic heterocycles. The van der Waals surface area contributed by atoms with E-state index in [2.05, 4.69) is 18.8 Å². The van der Waals surface area contributed by atoms with Crippen LogP contribution in [0.5, 0.6) is 0 Å². The molecule has 2 amide bonds. The summed E-state index contributed by atoms with van der Waals surface area (Å²) in [5, 5.41) is 0.621. The smallest absolute Gasteiger partial charge is 0.242 e. The zero-order valence-corrected chi connectivity index (χ0v) is 14.3. The molecule has 1 aromatic rings. The van der Waals surface area contributed by atoms with Crippen LogP contribution in [0.25, 0.3) is 0 Å². The summed E-state index contributed by atoms with van der Waals surface area (Å²) in [7, 11) is 0. The molecule has 118 valence electrons. The highest BCUT2D eigenvalue weighted by Gasteiger charge is 2.65. The molecule has 5 heteroatoms. The van der Waals surface area contributed by atoms with Gasteiger partial charge in [-0.1, -0.05) is 20.8 Å². The number of hydrogen-bond acceptors (Lipinski definition) is 4. The molecule has 2 bridgehead atoms. The van der Waals surface area contributed by atoms with Crippen LogP contribution >= 0.6 is 11.3 Å². The Hall–Kier alpha value is -1.23. The highest BCUT2D eigenvalue weighted by molar-refractivity contribution is 7.16. The summed E-state index contributed by atoms with van der Waals surface area (Å²) in [5.74, 6) is -0.130. The summed E-state index contributed by atoms with van der Waals surface area (Å²) in [6, 6.07) is 0. The second-order valence-corrected chi connectivity index (χ2v) is 8.76. The number of thiazole rings is 1. The molecule has 0 radical (unpaired) electrons. The lowest BCUT2D eigenvalue weighted by Crippen LogP contribution is -2.59. The van der Waals surface area contributed by atoms with Gasteiger partial charge in [0.2, 0.25) is 11.8 Å². The Kier molecular flexibility index (Phi) is 2.88. The fourth-order valence-corrected chi connectivity index (χ4v) is 5.59. The molecule has 2 heterocycles. The zero-order valence-electron chi connectivity index (χ0n) is 13.4. The lowest BCUT2D eigenvalue weighted by Gasteiger charge is -2.46. The van der Waals surface area contributed by atoms with Gasteiger partial charge in [0.1, 0.15) is 0 Å². The molecular formula is C17H22N2O2S. The first kappa shape index (κ1) is 14.4. The largest absolute Gasteiger partial charge is 0.274 e. The van der Waals surface area contributed by atoms with Gasteiger partial charge in [-0.2, -0.15) is 0 Å². The molecule has 2 fully saturated rings. The van der Waals surface area contributed by atoms with Crippen LogP contribution in [0.3, 0.4) is 0 Å². The van der Waals surface area contributed by atoms with Crippen molar-refractivity contribution in [2.75, 3.05) is 4.90 Å². The van der Waals surface area contributed by atoms with Crippen molar-refractivity contribution in [3.8, 4) is 0 Å². The molecule has 2 atom stereocenters. The third-order valence-corrected chi connectivity index (χ3v) is 7.59. The highest BCUT2D eigenvalue weighted by Crippen LogP contribution is 2.60. The fraction of sp³-hybridized carbons (Fsp3) is 0.706. The van der Waals surface area contributed by atoms with E-state index >= 15 is 0 Å². The lowest BCUT2D eigenvalue weighted by molar-refractivity contribution is -0.146. The van der Waals surface area contributed by atoms with E-state index in [9.17, 15) is 9.59 Å². The normalized spacial score (nSPS) is 33.2. The van der Waals surface area contributed by atoms with Gasteiger partial charge in [0.05, 0.1) is 11.1 Å². The van der Waals surface area contributed by atoms with Crippen molar-refractivity contribution in [3.05, 3.63) is 10.6 Å². The number of rotatable bonds is 1. The van der Waals surface area contributed by atoms with Crippen molar-refractivity contribution in [2.24, 2.45) is 16.7 Å². The average molecular weight is 318 g/mol. The van der Waals surface area contributed by atoms with Crippen LogP contribution in [-0.4, -0.2) is 16.8 Å². The van der Waals surface area contributed by atoms with Crippen LogP contribution in [0.15, 0.2) is 0 Å². The molecule has 1 saturated carbocycles. The predicted molar refractivity (Wildman–Crippen MR) is 85.9 cm³/mol. The Morgan fingerprint density at radius 3 is 2.64 bits per heavy atom. The topological polar surface area (TPSA) is 50.3 Å². The van der Waals surface area contributed by atoms with Gasteiger partial charge in [-0.25, -0.2) is 9.88 Å². The number of hydrogen-bond donors (Lipinski definition) is 0. The van der Waals surface area contributed by atoms with E-state index in [4.69, 9.17) is 0 Å². The predicted octanol–water partition coefficient (Wildman–Crippen LogP) is 3.34. The van der Waals surface area contributed by atoms with Crippen molar-refractivity contribution < 1.29 is 9.59 Å². The highest BCUT2D eigenvalue weighted by atomic mass is 32.1. The molecule has 0 aromatic carbocycles. The molecule has 0 unspecified atom stereocenters. The first-order valence-corrected chi connectivity index (χ1v) is 9.05. The van der Waals surface area contributed by atoms with Crippen molar-refractivity contribution >= 4 is 28.3 Å². The van der Waals surface area contributed by atoms with Gasteiger partial charge in [0, 0.05) is 10.8 Å². The van der Waals surface area contributed by atoms with E-state index in [0.29, 0.717) is 5.13 Å². The maximum Gasteiger partial charge on any atom is 0.242 e. The van der Waals surface area contributed by atoms with E-state index in [1.165, 1.54) is 16.2 Å². The number of nitrogens with zero attached hydrogens (tertiary/aromatic N) is 2. The average Bonchev–Trinajstić information content (AvgIpc) is 2.95. The van der Waals surface area contributed by atoms with E-state index in [1.807, 2.05) is 6.92 Å². The van der Waals surface area contributed by atoms with Crippen molar-refractivity contribution in [3.63, 3.8) is 0 Å². The SMILES string of the molecule is CC1(C)[C@@H]2CC[C@]1(C)C(=O)N(c1nc3c(s1)CCCC3)C2=O. The number of amides is 2. The van der Waals surface area contributed by atoms with Gasteiger partial charge in [-0.15, -0.1) is 11.3 Å². The Balaban J connectivity index is 1.78. The van der Waals surface area contributed by atoms with E-state index < -0.39 is 5.41 Å². The van der Waals surface area contributed by atoms with Crippen LogP contribution in [0, 0.1) is 16.7 Å². The molecule has 22 heavy (non-hydrogen) atoms.